The molecule has 0 bridgehead atoms. The lowest BCUT2D eigenvalue weighted by Gasteiger charge is -2.11. The molecule has 0 radical (unpaired) electrons. The van der Waals surface area contributed by atoms with Crippen LogP contribution in [0.15, 0.2) is 29.4 Å². The highest BCUT2D eigenvalue weighted by Crippen LogP contribution is 2.20. The van der Waals surface area contributed by atoms with Crippen LogP contribution in [0, 0.1) is 0 Å². The number of rotatable bonds is 3. The number of anilines is 1. The Balaban J connectivity index is 2.01. The van der Waals surface area contributed by atoms with Gasteiger partial charge in [-0.3, -0.25) is 9.20 Å². The number of aromatic nitrogens is 2. The van der Waals surface area contributed by atoms with Crippen LogP contribution in [-0.4, -0.2) is 36.3 Å². The van der Waals surface area contributed by atoms with Gasteiger partial charge in [-0.1, -0.05) is 6.07 Å². The van der Waals surface area contributed by atoms with Crippen LogP contribution in [0.1, 0.15) is 6.42 Å². The number of carbonyl (C=O) groups excluding carboxylic acids is 1. The average molecular weight is 295 g/mol. The molecule has 1 amide bonds. The molecule has 9 heteroatoms. The van der Waals surface area contributed by atoms with E-state index in [2.05, 4.69) is 15.0 Å². The van der Waals surface area contributed by atoms with Crippen molar-refractivity contribution < 1.29 is 13.2 Å². The zero-order valence-corrected chi connectivity index (χ0v) is 11.2. The Morgan fingerprint density at radius 1 is 1.45 bits per heavy atom. The molecule has 2 aromatic rings. The van der Waals surface area contributed by atoms with E-state index in [1.54, 1.807) is 24.4 Å². The second-order valence-electron chi connectivity index (χ2n) is 4.56. The van der Waals surface area contributed by atoms with E-state index < -0.39 is 16.1 Å². The first-order valence-corrected chi connectivity index (χ1v) is 7.47. The molecular weight excluding hydrogens is 282 g/mol. The van der Waals surface area contributed by atoms with Gasteiger partial charge in [-0.15, -0.1) is 0 Å². The number of pyridine rings is 1. The van der Waals surface area contributed by atoms with Gasteiger partial charge in [0.1, 0.15) is 5.65 Å². The zero-order chi connectivity index (χ0) is 14.3. The highest BCUT2D eigenvalue weighted by Gasteiger charge is 2.30. The van der Waals surface area contributed by atoms with Crippen molar-refractivity contribution in [3.8, 4) is 0 Å². The van der Waals surface area contributed by atoms with E-state index in [1.165, 1.54) is 4.40 Å². The lowest BCUT2D eigenvalue weighted by molar-refractivity contribution is -0.119. The lowest BCUT2D eigenvalue weighted by Crippen LogP contribution is -2.37. The van der Waals surface area contributed by atoms with Crippen LogP contribution in [0.2, 0.25) is 0 Å². The molecule has 1 unspecified atom stereocenters. The summed E-state index contributed by atoms with van der Waals surface area (Å²) in [6.07, 6.45) is 1.70. The van der Waals surface area contributed by atoms with Gasteiger partial charge in [-0.2, -0.15) is 0 Å². The number of sulfonamides is 1. The molecular formula is C11H13N5O3S. The van der Waals surface area contributed by atoms with Crippen LogP contribution in [0.4, 0.5) is 5.82 Å². The lowest BCUT2D eigenvalue weighted by atomic mass is 10.3. The predicted octanol–water partition coefficient (Wildman–Crippen LogP) is -0.917. The van der Waals surface area contributed by atoms with Gasteiger partial charge in [0.15, 0.2) is 10.8 Å². The first-order valence-electron chi connectivity index (χ1n) is 5.99. The Hall–Kier alpha value is -2.13. The predicted molar refractivity (Wildman–Crippen MR) is 71.3 cm³/mol. The number of nitrogen functional groups attached to an aromatic ring is 1. The molecule has 1 atom stereocenters. The van der Waals surface area contributed by atoms with Crippen LogP contribution >= 0.6 is 0 Å². The zero-order valence-electron chi connectivity index (χ0n) is 10.4. The highest BCUT2D eigenvalue weighted by molar-refractivity contribution is 7.89. The van der Waals surface area contributed by atoms with Crippen molar-refractivity contribution in [3.05, 3.63) is 24.4 Å². The number of amides is 1. The first-order chi connectivity index (χ1) is 9.47. The molecule has 0 aliphatic carbocycles. The van der Waals surface area contributed by atoms with Crippen LogP contribution in [-0.2, 0) is 14.8 Å². The molecule has 106 valence electrons. The normalized spacial score (nSPS) is 19.4. The molecule has 0 aromatic carbocycles. The van der Waals surface area contributed by atoms with Crippen LogP contribution in [0.3, 0.4) is 0 Å². The van der Waals surface area contributed by atoms with E-state index in [4.69, 9.17) is 5.73 Å². The number of nitrogens with zero attached hydrogens (tertiary/aromatic N) is 2. The fraction of sp³-hybridized carbons (Fsp3) is 0.273. The minimum absolute atomic E-state index is 0.0685. The summed E-state index contributed by atoms with van der Waals surface area (Å²) < 4.78 is 28.7. The Morgan fingerprint density at radius 3 is 2.95 bits per heavy atom. The number of hydrogen-bond donors (Lipinski definition) is 3. The van der Waals surface area contributed by atoms with Gasteiger partial charge >= 0.3 is 0 Å². The molecule has 4 N–H and O–H groups in total. The van der Waals surface area contributed by atoms with E-state index in [0.717, 1.165) is 0 Å². The summed E-state index contributed by atoms with van der Waals surface area (Å²) in [4.78, 5) is 15.1. The minimum Gasteiger partial charge on any atom is -0.381 e. The van der Waals surface area contributed by atoms with Crippen LogP contribution < -0.4 is 15.8 Å². The Kier molecular flexibility index (Phi) is 2.87. The molecule has 20 heavy (non-hydrogen) atoms. The smallest absolute Gasteiger partial charge is 0.260 e. The third kappa shape index (κ3) is 2.10. The van der Waals surface area contributed by atoms with Crippen molar-refractivity contribution in [2.75, 3.05) is 12.3 Å². The molecule has 1 aliphatic heterocycles. The molecule has 0 spiro atoms. The van der Waals surface area contributed by atoms with Crippen molar-refractivity contribution in [2.24, 2.45) is 0 Å². The molecule has 3 heterocycles. The van der Waals surface area contributed by atoms with E-state index >= 15 is 0 Å². The maximum Gasteiger partial charge on any atom is 0.260 e. The number of imidazole rings is 1. The molecule has 2 aromatic heterocycles. The maximum absolute atomic E-state index is 12.4. The number of fused-ring (bicyclic) bond motifs is 1. The Labute approximate surface area is 115 Å². The number of hydrogen-bond acceptors (Lipinski definition) is 5. The number of carbonyl (C=O) groups is 1. The Morgan fingerprint density at radius 2 is 2.25 bits per heavy atom. The molecule has 3 rings (SSSR count). The number of nitrogens with one attached hydrogen (secondary N) is 2. The number of nitrogens with two attached hydrogens (primary N) is 1. The molecule has 1 fully saturated rings. The maximum atomic E-state index is 12.4. The summed E-state index contributed by atoms with van der Waals surface area (Å²) in [6, 6.07) is 4.62. The third-order valence-corrected chi connectivity index (χ3v) is 4.62. The summed E-state index contributed by atoms with van der Waals surface area (Å²) in [7, 11) is -3.85. The van der Waals surface area contributed by atoms with E-state index in [1.807, 2.05) is 0 Å². The minimum atomic E-state index is -3.85. The van der Waals surface area contributed by atoms with Gasteiger partial charge in [0.2, 0.25) is 5.91 Å². The van der Waals surface area contributed by atoms with Gasteiger partial charge in [-0.05, 0) is 12.1 Å². The third-order valence-electron chi connectivity index (χ3n) is 3.07. The van der Waals surface area contributed by atoms with Crippen molar-refractivity contribution >= 4 is 27.4 Å². The molecule has 0 saturated carbocycles. The van der Waals surface area contributed by atoms with Crippen molar-refractivity contribution in [3.63, 3.8) is 0 Å². The van der Waals surface area contributed by atoms with E-state index in [-0.39, 0.29) is 29.7 Å². The second kappa shape index (κ2) is 4.46. The monoisotopic (exact) mass is 295 g/mol. The quantitative estimate of drug-likeness (QED) is 0.677. The van der Waals surface area contributed by atoms with Crippen molar-refractivity contribution in [1.82, 2.24) is 19.4 Å². The summed E-state index contributed by atoms with van der Waals surface area (Å²) in [5.74, 6) is -0.246. The molecule has 8 nitrogen and oxygen atoms in total. The van der Waals surface area contributed by atoms with E-state index in [9.17, 15) is 13.2 Å². The van der Waals surface area contributed by atoms with Gasteiger partial charge < -0.3 is 11.1 Å². The Bertz CT molecular complexity index is 782. The average Bonchev–Trinajstić information content (AvgIpc) is 2.91. The first kappa shape index (κ1) is 12.9. The molecule has 1 saturated heterocycles. The van der Waals surface area contributed by atoms with Crippen molar-refractivity contribution in [1.29, 1.82) is 0 Å². The van der Waals surface area contributed by atoms with Gasteiger partial charge in [0.25, 0.3) is 10.0 Å². The summed E-state index contributed by atoms with van der Waals surface area (Å²) >= 11 is 0. The van der Waals surface area contributed by atoms with E-state index in [0.29, 0.717) is 5.65 Å². The van der Waals surface area contributed by atoms with Crippen molar-refractivity contribution in [2.45, 2.75) is 17.5 Å². The standard InChI is InChI=1S/C11H13N5O3S/c12-10-11(16-4-2-1-3-8(16)14-10)20(18,19)15-7-5-9(17)13-6-7/h1-4,7,15H,5-6,12H2,(H,13,17). The summed E-state index contributed by atoms with van der Waals surface area (Å²) in [5.41, 5.74) is 6.16. The highest BCUT2D eigenvalue weighted by atomic mass is 32.2. The fourth-order valence-electron chi connectivity index (χ4n) is 2.22. The second-order valence-corrected chi connectivity index (χ2v) is 6.19. The summed E-state index contributed by atoms with van der Waals surface area (Å²) in [5, 5.41) is 2.47. The molecule has 1 aliphatic rings. The van der Waals surface area contributed by atoms with Gasteiger partial charge in [-0.25, -0.2) is 18.1 Å². The van der Waals surface area contributed by atoms with Gasteiger partial charge in [0, 0.05) is 25.2 Å². The largest absolute Gasteiger partial charge is 0.381 e. The SMILES string of the molecule is Nc1nc2ccccn2c1S(=O)(=O)NC1CNC(=O)C1. The summed E-state index contributed by atoms with van der Waals surface area (Å²) in [6.45, 7) is 0.273. The fourth-order valence-corrected chi connectivity index (χ4v) is 3.67. The van der Waals surface area contributed by atoms with Crippen LogP contribution in [0.25, 0.3) is 5.65 Å². The topological polar surface area (TPSA) is 119 Å². The van der Waals surface area contributed by atoms with Crippen LogP contribution in [0.5, 0.6) is 0 Å². The van der Waals surface area contributed by atoms with Gasteiger partial charge in [0.05, 0.1) is 0 Å².